The van der Waals surface area contributed by atoms with Gasteiger partial charge in [0.25, 0.3) is 0 Å². The Morgan fingerprint density at radius 3 is 3.18 bits per heavy atom. The molecule has 0 aliphatic carbocycles. The van der Waals surface area contributed by atoms with Crippen molar-refractivity contribution in [1.82, 2.24) is 24.4 Å². The Balaban J connectivity index is 1.81. The van der Waals surface area contributed by atoms with Gasteiger partial charge in [0.05, 0.1) is 17.4 Å². The van der Waals surface area contributed by atoms with E-state index < -0.39 is 0 Å². The van der Waals surface area contributed by atoms with E-state index in [1.54, 1.807) is 0 Å². The summed E-state index contributed by atoms with van der Waals surface area (Å²) in [4.78, 5) is 4.32. The fourth-order valence-corrected chi connectivity index (χ4v) is 2.03. The van der Waals surface area contributed by atoms with Crippen molar-refractivity contribution >= 4 is 27.7 Å². The predicted molar refractivity (Wildman–Crippen MR) is 65.7 cm³/mol. The third-order valence-electron chi connectivity index (χ3n) is 2.53. The molecule has 1 aromatic carbocycles. The topological polar surface area (TPSA) is 68.5 Å². The average Bonchev–Trinajstić information content (AvgIpc) is 2.97. The zero-order valence-electron chi connectivity index (χ0n) is 9.16. The van der Waals surface area contributed by atoms with Gasteiger partial charge in [0, 0.05) is 25.1 Å². The average molecular weight is 246 g/mol. The van der Waals surface area contributed by atoms with Crippen molar-refractivity contribution in [3.05, 3.63) is 30.1 Å². The molecular formula is C10H10N6S. The van der Waals surface area contributed by atoms with Crippen LogP contribution in [-0.4, -0.2) is 24.4 Å². The smallest absolute Gasteiger partial charge is 0.225 e. The van der Waals surface area contributed by atoms with Gasteiger partial charge in [-0.15, -0.1) is 0 Å². The SMILES string of the molecule is Cn1cnc2cc(CNc3nnns3)ccc21. The number of rotatable bonds is 3. The van der Waals surface area contributed by atoms with Gasteiger partial charge in [-0.05, 0) is 22.9 Å². The third-order valence-corrected chi connectivity index (χ3v) is 3.09. The molecule has 3 rings (SSSR count). The highest BCUT2D eigenvalue weighted by molar-refractivity contribution is 7.09. The van der Waals surface area contributed by atoms with Gasteiger partial charge in [-0.2, -0.15) is 0 Å². The van der Waals surface area contributed by atoms with Gasteiger partial charge in [0.15, 0.2) is 0 Å². The quantitative estimate of drug-likeness (QED) is 0.757. The number of aryl methyl sites for hydroxylation is 1. The van der Waals surface area contributed by atoms with Crippen LogP contribution < -0.4 is 5.32 Å². The molecule has 3 aromatic rings. The molecule has 17 heavy (non-hydrogen) atoms. The number of hydrogen-bond donors (Lipinski definition) is 1. The highest BCUT2D eigenvalue weighted by Crippen LogP contribution is 2.15. The highest BCUT2D eigenvalue weighted by atomic mass is 32.1. The maximum Gasteiger partial charge on any atom is 0.225 e. The second kappa shape index (κ2) is 4.10. The molecule has 0 bridgehead atoms. The Labute approximate surface area is 101 Å². The molecule has 0 atom stereocenters. The first kappa shape index (κ1) is 10.2. The molecule has 0 fully saturated rings. The van der Waals surface area contributed by atoms with Crippen LogP contribution in [0.15, 0.2) is 24.5 Å². The van der Waals surface area contributed by atoms with Crippen LogP contribution in [0.25, 0.3) is 11.0 Å². The molecule has 1 N–H and O–H groups in total. The van der Waals surface area contributed by atoms with Crippen LogP contribution in [0.2, 0.25) is 0 Å². The number of hydrogen-bond acceptors (Lipinski definition) is 6. The van der Waals surface area contributed by atoms with Gasteiger partial charge in [-0.25, -0.2) is 4.98 Å². The van der Waals surface area contributed by atoms with Crippen LogP contribution in [0.4, 0.5) is 5.13 Å². The molecule has 7 heteroatoms. The predicted octanol–water partition coefficient (Wildman–Crippen LogP) is 1.43. The Hall–Kier alpha value is -2.02. The fraction of sp³-hybridized carbons (Fsp3) is 0.200. The van der Waals surface area contributed by atoms with E-state index in [0.717, 1.165) is 21.7 Å². The van der Waals surface area contributed by atoms with Crippen LogP contribution in [0, 0.1) is 0 Å². The van der Waals surface area contributed by atoms with E-state index in [4.69, 9.17) is 0 Å². The van der Waals surface area contributed by atoms with Crippen LogP contribution in [-0.2, 0) is 13.6 Å². The number of fused-ring (bicyclic) bond motifs is 1. The molecule has 0 amide bonds. The summed E-state index contributed by atoms with van der Waals surface area (Å²) in [6.45, 7) is 0.698. The summed E-state index contributed by atoms with van der Waals surface area (Å²) < 4.78 is 5.69. The minimum atomic E-state index is 0.698. The second-order valence-corrected chi connectivity index (χ2v) is 4.43. The molecule has 0 aliphatic rings. The summed E-state index contributed by atoms with van der Waals surface area (Å²) in [5.41, 5.74) is 3.29. The molecule has 0 saturated heterocycles. The van der Waals surface area contributed by atoms with Crippen LogP contribution in [0.1, 0.15) is 5.56 Å². The molecule has 86 valence electrons. The van der Waals surface area contributed by atoms with Crippen molar-refractivity contribution in [2.45, 2.75) is 6.54 Å². The summed E-state index contributed by atoms with van der Waals surface area (Å²) in [6.07, 6.45) is 1.82. The van der Waals surface area contributed by atoms with E-state index in [0.29, 0.717) is 6.54 Å². The Morgan fingerprint density at radius 1 is 1.41 bits per heavy atom. The first-order chi connectivity index (χ1) is 8.33. The lowest BCUT2D eigenvalue weighted by molar-refractivity contribution is 0.947. The summed E-state index contributed by atoms with van der Waals surface area (Å²) in [6, 6.07) is 6.21. The first-order valence-electron chi connectivity index (χ1n) is 5.12. The van der Waals surface area contributed by atoms with Crippen LogP contribution in [0.5, 0.6) is 0 Å². The lowest BCUT2D eigenvalue weighted by atomic mass is 10.2. The number of anilines is 1. The molecule has 0 aliphatic heterocycles. The summed E-state index contributed by atoms with van der Waals surface area (Å²) >= 11 is 1.25. The maximum atomic E-state index is 4.32. The maximum absolute atomic E-state index is 4.32. The number of nitrogens with one attached hydrogen (secondary N) is 1. The van der Waals surface area contributed by atoms with E-state index in [9.17, 15) is 0 Å². The van der Waals surface area contributed by atoms with Gasteiger partial charge in [0.2, 0.25) is 5.13 Å². The van der Waals surface area contributed by atoms with E-state index in [2.05, 4.69) is 43.3 Å². The summed E-state index contributed by atoms with van der Waals surface area (Å²) in [5.74, 6) is 0. The third kappa shape index (κ3) is 1.96. The van der Waals surface area contributed by atoms with E-state index in [1.165, 1.54) is 11.5 Å². The van der Waals surface area contributed by atoms with E-state index in [1.807, 2.05) is 17.9 Å². The van der Waals surface area contributed by atoms with E-state index in [-0.39, 0.29) is 0 Å². The monoisotopic (exact) mass is 246 g/mol. The number of benzene rings is 1. The zero-order chi connectivity index (χ0) is 11.7. The van der Waals surface area contributed by atoms with Crippen molar-refractivity contribution < 1.29 is 0 Å². The normalized spacial score (nSPS) is 10.9. The van der Waals surface area contributed by atoms with Gasteiger partial charge in [0.1, 0.15) is 0 Å². The molecule has 0 unspecified atom stereocenters. The Kier molecular flexibility index (Phi) is 2.45. The van der Waals surface area contributed by atoms with Crippen molar-refractivity contribution in [2.24, 2.45) is 7.05 Å². The standard InChI is InChI=1S/C10H10N6S/c1-16-6-12-8-4-7(2-3-9(8)16)5-11-10-13-14-15-17-10/h2-4,6H,5H2,1H3,(H,11,13,15). The number of aromatic nitrogens is 5. The lowest BCUT2D eigenvalue weighted by Gasteiger charge is -2.02. The molecule has 0 saturated carbocycles. The number of imidazole rings is 1. The van der Waals surface area contributed by atoms with Crippen LogP contribution >= 0.6 is 11.5 Å². The summed E-state index contributed by atoms with van der Waals surface area (Å²) in [7, 11) is 1.99. The molecule has 6 nitrogen and oxygen atoms in total. The first-order valence-corrected chi connectivity index (χ1v) is 5.89. The molecule has 0 spiro atoms. The molecule has 2 aromatic heterocycles. The fourth-order valence-electron chi connectivity index (χ4n) is 1.67. The lowest BCUT2D eigenvalue weighted by Crippen LogP contribution is -1.98. The largest absolute Gasteiger partial charge is 0.355 e. The summed E-state index contributed by atoms with van der Waals surface area (Å²) in [5, 5.41) is 11.2. The zero-order valence-corrected chi connectivity index (χ0v) is 9.98. The molecular weight excluding hydrogens is 236 g/mol. The van der Waals surface area contributed by atoms with Gasteiger partial charge in [-0.1, -0.05) is 15.7 Å². The van der Waals surface area contributed by atoms with Gasteiger partial charge < -0.3 is 9.88 Å². The molecule has 2 heterocycles. The van der Waals surface area contributed by atoms with Crippen molar-refractivity contribution in [3.8, 4) is 0 Å². The van der Waals surface area contributed by atoms with Crippen molar-refractivity contribution in [3.63, 3.8) is 0 Å². The van der Waals surface area contributed by atoms with Crippen molar-refractivity contribution in [1.29, 1.82) is 0 Å². The minimum absolute atomic E-state index is 0.698. The van der Waals surface area contributed by atoms with E-state index >= 15 is 0 Å². The Bertz CT molecular complexity index is 629. The van der Waals surface area contributed by atoms with Crippen molar-refractivity contribution in [2.75, 3.05) is 5.32 Å². The van der Waals surface area contributed by atoms with Crippen LogP contribution in [0.3, 0.4) is 0 Å². The Morgan fingerprint density at radius 2 is 2.35 bits per heavy atom. The van der Waals surface area contributed by atoms with Gasteiger partial charge in [-0.3, -0.25) is 0 Å². The number of nitrogens with zero attached hydrogens (tertiary/aromatic N) is 5. The van der Waals surface area contributed by atoms with Gasteiger partial charge >= 0.3 is 0 Å². The molecule has 0 radical (unpaired) electrons. The second-order valence-electron chi connectivity index (χ2n) is 3.70. The highest BCUT2D eigenvalue weighted by Gasteiger charge is 2.02. The minimum Gasteiger partial charge on any atom is -0.355 e.